The molecule has 0 amide bonds. The van der Waals surface area contributed by atoms with E-state index in [1.807, 2.05) is 28.8 Å². The number of anilines is 1. The maximum atomic E-state index is 13.6. The molecule has 0 saturated carbocycles. The Bertz CT molecular complexity index is 1230. The fraction of sp³-hybridized carbons (Fsp3) is 0.280. The molecule has 0 bridgehead atoms. The second kappa shape index (κ2) is 9.27. The maximum absolute atomic E-state index is 13.6. The first-order valence-corrected chi connectivity index (χ1v) is 11.4. The van der Waals surface area contributed by atoms with Gasteiger partial charge in [-0.15, -0.1) is 0 Å². The Hall–Kier alpha value is -2.96. The number of imidazole rings is 1. The molecule has 7 heteroatoms. The third-order valence-electron chi connectivity index (χ3n) is 5.93. The molecule has 1 saturated heterocycles. The third-order valence-corrected chi connectivity index (χ3v) is 6.23. The second-order valence-corrected chi connectivity index (χ2v) is 8.70. The van der Waals surface area contributed by atoms with Crippen molar-refractivity contribution < 1.29 is 4.39 Å². The van der Waals surface area contributed by atoms with E-state index in [2.05, 4.69) is 26.7 Å². The second-order valence-electron chi connectivity index (χ2n) is 8.30. The van der Waals surface area contributed by atoms with Gasteiger partial charge in [-0.25, -0.2) is 14.4 Å². The summed E-state index contributed by atoms with van der Waals surface area (Å²) in [5.74, 6) is 0.589. The number of rotatable bonds is 5. The van der Waals surface area contributed by atoms with Crippen LogP contribution in [0.3, 0.4) is 0 Å². The van der Waals surface area contributed by atoms with Crippen molar-refractivity contribution in [1.29, 1.82) is 0 Å². The summed E-state index contributed by atoms with van der Waals surface area (Å²) in [4.78, 5) is 9.00. The molecule has 5 nitrogen and oxygen atoms in total. The fourth-order valence-electron chi connectivity index (χ4n) is 4.27. The smallest absolute Gasteiger partial charge is 0.126 e. The van der Waals surface area contributed by atoms with Gasteiger partial charge in [0.15, 0.2) is 0 Å². The van der Waals surface area contributed by atoms with Crippen LogP contribution in [0, 0.1) is 5.82 Å². The average molecular weight is 450 g/mol. The van der Waals surface area contributed by atoms with Crippen molar-refractivity contribution in [2.45, 2.75) is 31.8 Å². The van der Waals surface area contributed by atoms with Gasteiger partial charge in [0.1, 0.15) is 11.6 Å². The van der Waals surface area contributed by atoms with E-state index in [4.69, 9.17) is 11.6 Å². The summed E-state index contributed by atoms with van der Waals surface area (Å²) in [6, 6.07) is 15.1. The number of hydrogen-bond donors (Lipinski definition) is 2. The Labute approximate surface area is 191 Å². The SMILES string of the molecule is Fc1cccc(Cn2cnc3ccc(-c4cc(NC5CCCCNC5)ncc4Cl)cc32)c1. The van der Waals surface area contributed by atoms with E-state index in [1.165, 1.54) is 18.9 Å². The molecule has 0 radical (unpaired) electrons. The van der Waals surface area contributed by atoms with Crippen LogP contribution in [0.15, 0.2) is 61.1 Å². The summed E-state index contributed by atoms with van der Waals surface area (Å²) >= 11 is 6.54. The zero-order valence-electron chi connectivity index (χ0n) is 17.7. The van der Waals surface area contributed by atoms with Crippen LogP contribution in [-0.2, 0) is 6.54 Å². The molecule has 5 rings (SSSR count). The summed E-state index contributed by atoms with van der Waals surface area (Å²) in [5.41, 5.74) is 4.67. The lowest BCUT2D eigenvalue weighted by Gasteiger charge is -2.18. The summed E-state index contributed by atoms with van der Waals surface area (Å²) < 4.78 is 15.6. The lowest BCUT2D eigenvalue weighted by molar-refractivity contribution is 0.624. The van der Waals surface area contributed by atoms with E-state index in [9.17, 15) is 4.39 Å². The van der Waals surface area contributed by atoms with Crippen LogP contribution in [-0.4, -0.2) is 33.7 Å². The van der Waals surface area contributed by atoms with Crippen molar-refractivity contribution in [2.24, 2.45) is 0 Å². The van der Waals surface area contributed by atoms with Crippen molar-refractivity contribution in [3.8, 4) is 11.1 Å². The Morgan fingerprint density at radius 1 is 1.12 bits per heavy atom. The summed E-state index contributed by atoms with van der Waals surface area (Å²) in [5, 5.41) is 7.63. The number of fused-ring (bicyclic) bond motifs is 1. The van der Waals surface area contributed by atoms with Crippen molar-refractivity contribution in [3.05, 3.63) is 77.5 Å². The van der Waals surface area contributed by atoms with E-state index in [-0.39, 0.29) is 5.82 Å². The zero-order valence-corrected chi connectivity index (χ0v) is 18.4. The first-order valence-electron chi connectivity index (χ1n) is 11.0. The van der Waals surface area contributed by atoms with Gasteiger partial charge in [0.05, 0.1) is 22.4 Å². The molecular formula is C25H25ClFN5. The molecule has 2 N–H and O–H groups in total. The van der Waals surface area contributed by atoms with Crippen LogP contribution < -0.4 is 10.6 Å². The van der Waals surface area contributed by atoms with E-state index < -0.39 is 0 Å². The van der Waals surface area contributed by atoms with Gasteiger partial charge in [-0.2, -0.15) is 0 Å². The lowest BCUT2D eigenvalue weighted by Crippen LogP contribution is -2.31. The highest BCUT2D eigenvalue weighted by Gasteiger charge is 2.14. The Kier molecular flexibility index (Phi) is 6.06. The highest BCUT2D eigenvalue weighted by atomic mass is 35.5. The number of benzene rings is 2. The molecule has 1 atom stereocenters. The van der Waals surface area contributed by atoms with Crippen molar-refractivity contribution in [2.75, 3.05) is 18.4 Å². The summed E-state index contributed by atoms with van der Waals surface area (Å²) in [7, 11) is 0. The molecule has 4 aromatic rings. The minimum atomic E-state index is -0.236. The van der Waals surface area contributed by atoms with Crippen LogP contribution in [0.25, 0.3) is 22.2 Å². The molecule has 0 spiro atoms. The number of pyridine rings is 1. The first-order chi connectivity index (χ1) is 15.7. The van der Waals surface area contributed by atoms with Crippen LogP contribution >= 0.6 is 11.6 Å². The highest BCUT2D eigenvalue weighted by molar-refractivity contribution is 6.33. The minimum Gasteiger partial charge on any atom is -0.366 e. The Balaban J connectivity index is 1.45. The molecule has 1 aliphatic heterocycles. The van der Waals surface area contributed by atoms with Gasteiger partial charge in [0.2, 0.25) is 0 Å². The highest BCUT2D eigenvalue weighted by Crippen LogP contribution is 2.32. The van der Waals surface area contributed by atoms with E-state index in [0.717, 1.165) is 53.1 Å². The van der Waals surface area contributed by atoms with Gasteiger partial charge in [0.25, 0.3) is 0 Å². The Morgan fingerprint density at radius 2 is 2.06 bits per heavy atom. The van der Waals surface area contributed by atoms with Crippen molar-refractivity contribution in [3.63, 3.8) is 0 Å². The van der Waals surface area contributed by atoms with Gasteiger partial charge in [-0.05, 0) is 60.8 Å². The molecule has 1 aliphatic rings. The maximum Gasteiger partial charge on any atom is 0.126 e. The first kappa shape index (κ1) is 20.9. The minimum absolute atomic E-state index is 0.236. The predicted octanol–water partition coefficient (Wildman–Crippen LogP) is 5.49. The molecule has 164 valence electrons. The normalized spacial score (nSPS) is 16.8. The van der Waals surface area contributed by atoms with Gasteiger partial charge in [-0.1, -0.05) is 36.2 Å². The monoisotopic (exact) mass is 449 g/mol. The number of hydrogen-bond acceptors (Lipinski definition) is 4. The number of halogens is 2. The zero-order chi connectivity index (χ0) is 21.9. The standard InChI is InChI=1S/C25H25ClFN5/c26-22-14-29-25(31-20-6-1-2-9-28-13-20)12-21(22)18-7-8-23-24(11-18)32(16-30-23)15-17-4-3-5-19(27)10-17/h3-5,7-8,10-12,14,16,20,28H,1-2,6,9,13,15H2,(H,29,31). The van der Waals surface area contributed by atoms with E-state index >= 15 is 0 Å². The predicted molar refractivity (Wildman–Crippen MR) is 128 cm³/mol. The molecule has 3 heterocycles. The van der Waals surface area contributed by atoms with Crippen molar-refractivity contribution >= 4 is 28.5 Å². The van der Waals surface area contributed by atoms with E-state index in [0.29, 0.717) is 17.6 Å². The number of nitrogens with one attached hydrogen (secondary N) is 2. The third kappa shape index (κ3) is 4.61. The van der Waals surface area contributed by atoms with E-state index in [1.54, 1.807) is 24.7 Å². The van der Waals surface area contributed by atoms with Gasteiger partial charge in [0, 0.05) is 30.9 Å². The molecule has 1 unspecified atom stereocenters. The lowest BCUT2D eigenvalue weighted by atomic mass is 10.1. The molecular weight excluding hydrogens is 425 g/mol. The fourth-order valence-corrected chi connectivity index (χ4v) is 4.49. The van der Waals surface area contributed by atoms with Gasteiger partial charge in [-0.3, -0.25) is 0 Å². The Morgan fingerprint density at radius 3 is 2.97 bits per heavy atom. The molecule has 2 aromatic carbocycles. The van der Waals surface area contributed by atoms with Crippen LogP contribution in [0.5, 0.6) is 0 Å². The van der Waals surface area contributed by atoms with Gasteiger partial charge < -0.3 is 15.2 Å². The number of nitrogens with zero attached hydrogens (tertiary/aromatic N) is 3. The summed E-state index contributed by atoms with van der Waals surface area (Å²) in [6.07, 6.45) is 7.03. The van der Waals surface area contributed by atoms with Crippen LogP contribution in [0.1, 0.15) is 24.8 Å². The molecule has 2 aromatic heterocycles. The summed E-state index contributed by atoms with van der Waals surface area (Å²) in [6.45, 7) is 2.55. The topological polar surface area (TPSA) is 54.8 Å². The molecule has 1 fully saturated rings. The quantitative estimate of drug-likeness (QED) is 0.423. The largest absolute Gasteiger partial charge is 0.366 e. The molecule has 0 aliphatic carbocycles. The number of aromatic nitrogens is 3. The molecule has 32 heavy (non-hydrogen) atoms. The van der Waals surface area contributed by atoms with Gasteiger partial charge >= 0.3 is 0 Å². The van der Waals surface area contributed by atoms with Crippen LogP contribution in [0.4, 0.5) is 10.2 Å². The van der Waals surface area contributed by atoms with Crippen LogP contribution in [0.2, 0.25) is 5.02 Å². The average Bonchev–Trinajstić information content (AvgIpc) is 3.00. The van der Waals surface area contributed by atoms with Crippen molar-refractivity contribution in [1.82, 2.24) is 19.9 Å².